The van der Waals surface area contributed by atoms with E-state index < -0.39 is 0 Å². The average Bonchev–Trinajstić information content (AvgIpc) is 2.10. The minimum Gasteiger partial charge on any atom is -0.383 e. The number of rotatable bonds is 5. The SMILES string of the molecule is CN(C)CCCNc1cc(N)nc(N)n1. The Kier molecular flexibility index (Phi) is 4.11. The van der Waals surface area contributed by atoms with Crippen molar-refractivity contribution in [2.24, 2.45) is 0 Å². The number of anilines is 3. The molecule has 0 fully saturated rings. The van der Waals surface area contributed by atoms with Crippen LogP contribution in [0.15, 0.2) is 6.07 Å². The molecule has 15 heavy (non-hydrogen) atoms. The van der Waals surface area contributed by atoms with Gasteiger partial charge in [-0.2, -0.15) is 9.97 Å². The number of nitrogen functional groups attached to an aromatic ring is 2. The first-order valence-electron chi connectivity index (χ1n) is 4.86. The topological polar surface area (TPSA) is 93.1 Å². The van der Waals surface area contributed by atoms with Gasteiger partial charge in [0.15, 0.2) is 0 Å². The van der Waals surface area contributed by atoms with E-state index >= 15 is 0 Å². The molecule has 1 aromatic rings. The molecular weight excluding hydrogens is 192 g/mol. The number of hydrogen-bond acceptors (Lipinski definition) is 6. The second-order valence-electron chi connectivity index (χ2n) is 3.62. The van der Waals surface area contributed by atoms with Crippen LogP contribution >= 0.6 is 0 Å². The summed E-state index contributed by atoms with van der Waals surface area (Å²) >= 11 is 0. The molecule has 6 heteroatoms. The summed E-state index contributed by atoms with van der Waals surface area (Å²) in [5, 5.41) is 3.14. The summed E-state index contributed by atoms with van der Waals surface area (Å²) in [4.78, 5) is 9.93. The molecule has 0 saturated heterocycles. The van der Waals surface area contributed by atoms with Crippen LogP contribution in [-0.4, -0.2) is 42.1 Å². The highest BCUT2D eigenvalue weighted by Gasteiger charge is 1.98. The summed E-state index contributed by atoms with van der Waals surface area (Å²) in [5.74, 6) is 1.27. The Balaban J connectivity index is 2.37. The van der Waals surface area contributed by atoms with Crippen LogP contribution in [0.1, 0.15) is 6.42 Å². The Morgan fingerprint density at radius 2 is 2.07 bits per heavy atom. The molecule has 1 rings (SSSR count). The fraction of sp³-hybridized carbons (Fsp3) is 0.556. The minimum absolute atomic E-state index is 0.199. The number of nitrogens with two attached hydrogens (primary N) is 2. The quantitative estimate of drug-likeness (QED) is 0.593. The van der Waals surface area contributed by atoms with Crippen LogP contribution in [0.2, 0.25) is 0 Å². The maximum atomic E-state index is 5.53. The lowest BCUT2D eigenvalue weighted by atomic mass is 10.4. The molecule has 1 heterocycles. The van der Waals surface area contributed by atoms with E-state index in [0.717, 1.165) is 19.5 Å². The molecule has 0 aliphatic carbocycles. The van der Waals surface area contributed by atoms with Gasteiger partial charge in [-0.05, 0) is 27.1 Å². The van der Waals surface area contributed by atoms with E-state index in [1.165, 1.54) is 0 Å². The van der Waals surface area contributed by atoms with E-state index in [-0.39, 0.29) is 5.95 Å². The largest absolute Gasteiger partial charge is 0.383 e. The van der Waals surface area contributed by atoms with E-state index in [4.69, 9.17) is 11.5 Å². The van der Waals surface area contributed by atoms with Crippen molar-refractivity contribution in [3.05, 3.63) is 6.07 Å². The van der Waals surface area contributed by atoms with Crippen molar-refractivity contribution < 1.29 is 0 Å². The summed E-state index contributed by atoms with van der Waals surface area (Å²) in [6.45, 7) is 1.87. The second kappa shape index (κ2) is 5.35. The van der Waals surface area contributed by atoms with Gasteiger partial charge in [-0.25, -0.2) is 0 Å². The van der Waals surface area contributed by atoms with Gasteiger partial charge in [0.2, 0.25) is 5.95 Å². The molecular formula is C9H18N6. The van der Waals surface area contributed by atoms with Crippen LogP contribution < -0.4 is 16.8 Å². The third-order valence-electron chi connectivity index (χ3n) is 1.85. The molecule has 0 aliphatic heterocycles. The molecule has 5 N–H and O–H groups in total. The smallest absolute Gasteiger partial charge is 0.223 e. The molecule has 0 atom stereocenters. The number of nitrogens with one attached hydrogen (secondary N) is 1. The Hall–Kier alpha value is -1.56. The predicted octanol–water partition coefficient (Wildman–Crippen LogP) is 0.00460. The molecule has 0 spiro atoms. The average molecular weight is 210 g/mol. The number of hydrogen-bond donors (Lipinski definition) is 3. The molecule has 0 aromatic carbocycles. The molecule has 0 radical (unpaired) electrons. The Bertz CT molecular complexity index is 291. The zero-order valence-corrected chi connectivity index (χ0v) is 9.20. The Morgan fingerprint density at radius 3 is 2.67 bits per heavy atom. The van der Waals surface area contributed by atoms with Gasteiger partial charge in [-0.1, -0.05) is 0 Å². The lowest BCUT2D eigenvalue weighted by molar-refractivity contribution is 0.405. The molecule has 1 aromatic heterocycles. The first kappa shape index (κ1) is 11.5. The van der Waals surface area contributed by atoms with Gasteiger partial charge < -0.3 is 21.7 Å². The fourth-order valence-corrected chi connectivity index (χ4v) is 1.19. The Morgan fingerprint density at radius 1 is 1.33 bits per heavy atom. The highest BCUT2D eigenvalue weighted by molar-refractivity contribution is 5.48. The van der Waals surface area contributed by atoms with Crippen LogP contribution in [-0.2, 0) is 0 Å². The van der Waals surface area contributed by atoms with E-state index in [9.17, 15) is 0 Å². The normalized spacial score (nSPS) is 10.6. The van der Waals surface area contributed by atoms with Crippen molar-refractivity contribution in [3.8, 4) is 0 Å². The van der Waals surface area contributed by atoms with Gasteiger partial charge in [0, 0.05) is 12.6 Å². The van der Waals surface area contributed by atoms with Crippen LogP contribution in [0.5, 0.6) is 0 Å². The number of nitrogens with zero attached hydrogens (tertiary/aromatic N) is 3. The van der Waals surface area contributed by atoms with Gasteiger partial charge >= 0.3 is 0 Å². The maximum absolute atomic E-state index is 5.53. The van der Waals surface area contributed by atoms with Gasteiger partial charge in [0.25, 0.3) is 0 Å². The second-order valence-corrected chi connectivity index (χ2v) is 3.62. The fourth-order valence-electron chi connectivity index (χ4n) is 1.19. The van der Waals surface area contributed by atoms with Crippen molar-refractivity contribution in [2.75, 3.05) is 44.0 Å². The summed E-state index contributed by atoms with van der Waals surface area (Å²) in [6.07, 6.45) is 1.04. The van der Waals surface area contributed by atoms with E-state index in [0.29, 0.717) is 11.6 Å². The van der Waals surface area contributed by atoms with Gasteiger partial charge in [-0.15, -0.1) is 0 Å². The van der Waals surface area contributed by atoms with Crippen molar-refractivity contribution >= 4 is 17.6 Å². The lowest BCUT2D eigenvalue weighted by Gasteiger charge is -2.10. The van der Waals surface area contributed by atoms with Crippen molar-refractivity contribution in [1.82, 2.24) is 14.9 Å². The van der Waals surface area contributed by atoms with Crippen molar-refractivity contribution in [3.63, 3.8) is 0 Å². The zero-order chi connectivity index (χ0) is 11.3. The summed E-state index contributed by atoms with van der Waals surface area (Å²) < 4.78 is 0. The molecule has 0 unspecified atom stereocenters. The third kappa shape index (κ3) is 4.46. The van der Waals surface area contributed by atoms with Crippen LogP contribution in [0.4, 0.5) is 17.6 Å². The van der Waals surface area contributed by atoms with E-state index in [2.05, 4.69) is 20.2 Å². The van der Waals surface area contributed by atoms with Gasteiger partial charge in [-0.3, -0.25) is 0 Å². The Labute approximate surface area is 89.7 Å². The van der Waals surface area contributed by atoms with Crippen molar-refractivity contribution in [1.29, 1.82) is 0 Å². The number of aromatic nitrogens is 2. The summed E-state index contributed by atoms with van der Waals surface area (Å²) in [6, 6.07) is 1.67. The van der Waals surface area contributed by atoms with E-state index in [1.54, 1.807) is 6.07 Å². The maximum Gasteiger partial charge on any atom is 0.223 e. The molecule has 0 amide bonds. The molecule has 0 aliphatic rings. The van der Waals surface area contributed by atoms with Crippen LogP contribution in [0.25, 0.3) is 0 Å². The lowest BCUT2D eigenvalue weighted by Crippen LogP contribution is -2.17. The molecule has 6 nitrogen and oxygen atoms in total. The summed E-state index contributed by atoms with van der Waals surface area (Å²) in [7, 11) is 4.08. The summed E-state index contributed by atoms with van der Waals surface area (Å²) in [5.41, 5.74) is 11.0. The standard InChI is InChI=1S/C9H18N6/c1-15(2)5-3-4-12-8-6-7(10)13-9(11)14-8/h6H,3-5H2,1-2H3,(H5,10,11,12,13,14). The first-order chi connectivity index (χ1) is 7.08. The van der Waals surface area contributed by atoms with Gasteiger partial charge in [0.05, 0.1) is 0 Å². The van der Waals surface area contributed by atoms with Gasteiger partial charge in [0.1, 0.15) is 11.6 Å². The highest BCUT2D eigenvalue weighted by atomic mass is 15.1. The zero-order valence-electron chi connectivity index (χ0n) is 9.20. The molecule has 0 bridgehead atoms. The minimum atomic E-state index is 0.199. The predicted molar refractivity (Wildman–Crippen MR) is 62.5 cm³/mol. The molecule has 84 valence electrons. The monoisotopic (exact) mass is 210 g/mol. The first-order valence-corrected chi connectivity index (χ1v) is 4.86. The van der Waals surface area contributed by atoms with E-state index in [1.807, 2.05) is 14.1 Å². The van der Waals surface area contributed by atoms with Crippen molar-refractivity contribution in [2.45, 2.75) is 6.42 Å². The van der Waals surface area contributed by atoms with Crippen LogP contribution in [0.3, 0.4) is 0 Å². The van der Waals surface area contributed by atoms with Crippen LogP contribution in [0, 0.1) is 0 Å². The third-order valence-corrected chi connectivity index (χ3v) is 1.85. The molecule has 0 saturated carbocycles. The highest BCUT2D eigenvalue weighted by Crippen LogP contribution is 2.08.